The summed E-state index contributed by atoms with van der Waals surface area (Å²) in [6.07, 6.45) is 4.23. The van der Waals surface area contributed by atoms with Gasteiger partial charge >= 0.3 is 0 Å². The fourth-order valence-electron chi connectivity index (χ4n) is 2.25. The van der Waals surface area contributed by atoms with Crippen LogP contribution in [0.5, 0.6) is 0 Å². The lowest BCUT2D eigenvalue weighted by Crippen LogP contribution is -2.36. The molecule has 1 atom stereocenters. The van der Waals surface area contributed by atoms with Crippen LogP contribution in [-0.4, -0.2) is 12.5 Å². The van der Waals surface area contributed by atoms with E-state index in [4.69, 9.17) is 0 Å². The Hall–Kier alpha value is -1.31. The van der Waals surface area contributed by atoms with Crippen molar-refractivity contribution >= 4 is 11.6 Å². The Morgan fingerprint density at radius 2 is 1.83 bits per heavy atom. The van der Waals surface area contributed by atoms with Crippen molar-refractivity contribution in [3.8, 4) is 0 Å². The normalized spacial score (nSPS) is 12.2. The lowest BCUT2D eigenvalue weighted by Gasteiger charge is -2.26. The first kappa shape index (κ1) is 14.7. The van der Waals surface area contributed by atoms with Gasteiger partial charge in [0.2, 0.25) is 5.91 Å². The van der Waals surface area contributed by atoms with Gasteiger partial charge in [0, 0.05) is 18.2 Å². The Kier molecular flexibility index (Phi) is 6.48. The monoisotopic (exact) mass is 247 g/mol. The van der Waals surface area contributed by atoms with Gasteiger partial charge in [-0.15, -0.1) is 0 Å². The number of para-hydroxylation sites is 1. The Bertz CT molecular complexity index is 347. The van der Waals surface area contributed by atoms with Gasteiger partial charge < -0.3 is 4.90 Å². The molecule has 0 unspecified atom stereocenters. The van der Waals surface area contributed by atoms with Gasteiger partial charge in [0.1, 0.15) is 0 Å². The third kappa shape index (κ3) is 3.86. The van der Waals surface area contributed by atoms with Gasteiger partial charge in [-0.3, -0.25) is 4.79 Å². The molecule has 0 radical (unpaired) electrons. The summed E-state index contributed by atoms with van der Waals surface area (Å²) in [5, 5.41) is 0. The van der Waals surface area contributed by atoms with Crippen molar-refractivity contribution in [1.82, 2.24) is 0 Å². The second-order valence-electron chi connectivity index (χ2n) is 4.67. The van der Waals surface area contributed by atoms with Gasteiger partial charge in [0.25, 0.3) is 0 Å². The minimum absolute atomic E-state index is 0.171. The summed E-state index contributed by atoms with van der Waals surface area (Å²) in [6, 6.07) is 9.97. The lowest BCUT2D eigenvalue weighted by atomic mass is 9.97. The average Bonchev–Trinajstić information content (AvgIpc) is 2.42. The fraction of sp³-hybridized carbons (Fsp3) is 0.562. The number of carbonyl (C=O) groups excluding carboxylic acids is 1. The quantitative estimate of drug-likeness (QED) is 0.705. The van der Waals surface area contributed by atoms with Gasteiger partial charge in [-0.1, -0.05) is 44.9 Å². The first-order valence-corrected chi connectivity index (χ1v) is 7.10. The van der Waals surface area contributed by atoms with Gasteiger partial charge in [0.15, 0.2) is 0 Å². The van der Waals surface area contributed by atoms with Crippen molar-refractivity contribution in [3.05, 3.63) is 30.3 Å². The third-order valence-electron chi connectivity index (χ3n) is 3.40. The Morgan fingerprint density at radius 1 is 1.17 bits per heavy atom. The molecule has 0 saturated heterocycles. The topological polar surface area (TPSA) is 20.3 Å². The van der Waals surface area contributed by atoms with Crippen molar-refractivity contribution in [3.63, 3.8) is 0 Å². The van der Waals surface area contributed by atoms with Crippen LogP contribution in [0.1, 0.15) is 46.5 Å². The number of rotatable bonds is 7. The fourth-order valence-corrected chi connectivity index (χ4v) is 2.25. The first-order chi connectivity index (χ1) is 8.74. The van der Waals surface area contributed by atoms with E-state index in [0.29, 0.717) is 0 Å². The summed E-state index contributed by atoms with van der Waals surface area (Å²) >= 11 is 0. The van der Waals surface area contributed by atoms with Crippen LogP contribution in [0, 0.1) is 5.92 Å². The summed E-state index contributed by atoms with van der Waals surface area (Å²) in [5.74, 6) is 0.449. The first-order valence-electron chi connectivity index (χ1n) is 7.10. The van der Waals surface area contributed by atoms with E-state index in [1.807, 2.05) is 42.2 Å². The molecule has 0 fully saturated rings. The maximum Gasteiger partial charge on any atom is 0.230 e. The van der Waals surface area contributed by atoms with Crippen LogP contribution < -0.4 is 4.90 Å². The Morgan fingerprint density at radius 3 is 2.33 bits per heavy atom. The van der Waals surface area contributed by atoms with Crippen molar-refractivity contribution in [2.24, 2.45) is 5.92 Å². The molecule has 0 aromatic heterocycles. The van der Waals surface area contributed by atoms with Crippen LogP contribution in [0.25, 0.3) is 0 Å². The molecule has 1 rings (SSSR count). The molecule has 100 valence electrons. The third-order valence-corrected chi connectivity index (χ3v) is 3.40. The Balaban J connectivity index is 2.78. The summed E-state index contributed by atoms with van der Waals surface area (Å²) in [7, 11) is 0. The molecule has 0 saturated carbocycles. The van der Waals surface area contributed by atoms with Crippen molar-refractivity contribution < 1.29 is 4.79 Å². The van der Waals surface area contributed by atoms with Crippen LogP contribution in [0.4, 0.5) is 5.69 Å². The lowest BCUT2D eigenvalue weighted by molar-refractivity contribution is -0.122. The number of hydrogen-bond acceptors (Lipinski definition) is 1. The zero-order valence-electron chi connectivity index (χ0n) is 11.9. The summed E-state index contributed by atoms with van der Waals surface area (Å²) in [5.41, 5.74) is 1.01. The molecule has 2 nitrogen and oxygen atoms in total. The maximum absolute atomic E-state index is 12.5. The number of amides is 1. The average molecular weight is 247 g/mol. The molecular formula is C16H25NO. The van der Waals surface area contributed by atoms with E-state index in [1.165, 1.54) is 0 Å². The highest BCUT2D eigenvalue weighted by Crippen LogP contribution is 2.21. The highest BCUT2D eigenvalue weighted by molar-refractivity contribution is 5.94. The van der Waals surface area contributed by atoms with E-state index in [0.717, 1.165) is 37.9 Å². The molecule has 0 N–H and O–H groups in total. The molecule has 0 aliphatic rings. The zero-order valence-corrected chi connectivity index (χ0v) is 11.9. The molecule has 1 amide bonds. The van der Waals surface area contributed by atoms with Crippen LogP contribution in [0.2, 0.25) is 0 Å². The second-order valence-corrected chi connectivity index (χ2v) is 4.67. The van der Waals surface area contributed by atoms with Gasteiger partial charge in [0.05, 0.1) is 0 Å². The molecule has 0 bridgehead atoms. The highest BCUT2D eigenvalue weighted by Gasteiger charge is 2.22. The SMILES string of the molecule is CCCC[C@H](CC)C(=O)N(CC)c1ccccc1. The van der Waals surface area contributed by atoms with Crippen LogP contribution in [-0.2, 0) is 4.79 Å². The van der Waals surface area contributed by atoms with Gasteiger partial charge in [-0.05, 0) is 31.9 Å². The minimum atomic E-state index is 0.171. The molecule has 1 aromatic carbocycles. The zero-order chi connectivity index (χ0) is 13.4. The van der Waals surface area contributed by atoms with Crippen molar-refractivity contribution in [2.45, 2.75) is 46.5 Å². The number of benzene rings is 1. The molecule has 1 aromatic rings. The van der Waals surface area contributed by atoms with E-state index in [1.54, 1.807) is 0 Å². The smallest absolute Gasteiger partial charge is 0.230 e. The number of anilines is 1. The predicted octanol–water partition coefficient (Wildman–Crippen LogP) is 4.26. The van der Waals surface area contributed by atoms with Crippen LogP contribution >= 0.6 is 0 Å². The second kappa shape index (κ2) is 7.91. The largest absolute Gasteiger partial charge is 0.312 e. The van der Waals surface area contributed by atoms with Crippen molar-refractivity contribution in [2.75, 3.05) is 11.4 Å². The van der Waals surface area contributed by atoms with E-state index >= 15 is 0 Å². The maximum atomic E-state index is 12.5. The standard InChI is InChI=1S/C16H25NO/c1-4-7-11-14(5-2)16(18)17(6-3)15-12-9-8-10-13-15/h8-10,12-14H,4-7,11H2,1-3H3/t14-/m0/s1. The van der Waals surface area contributed by atoms with Crippen LogP contribution in [0.3, 0.4) is 0 Å². The molecule has 0 aliphatic carbocycles. The molecule has 2 heteroatoms. The summed E-state index contributed by atoms with van der Waals surface area (Å²) in [4.78, 5) is 14.4. The number of carbonyl (C=O) groups is 1. The number of nitrogens with zero attached hydrogens (tertiary/aromatic N) is 1. The highest BCUT2D eigenvalue weighted by atomic mass is 16.2. The predicted molar refractivity (Wildman–Crippen MR) is 77.8 cm³/mol. The van der Waals surface area contributed by atoms with Gasteiger partial charge in [-0.25, -0.2) is 0 Å². The summed E-state index contributed by atoms with van der Waals surface area (Å²) in [6.45, 7) is 7.06. The molecule has 0 heterocycles. The number of unbranched alkanes of at least 4 members (excludes halogenated alkanes) is 1. The van der Waals surface area contributed by atoms with E-state index in [2.05, 4.69) is 13.8 Å². The minimum Gasteiger partial charge on any atom is -0.312 e. The van der Waals surface area contributed by atoms with E-state index in [-0.39, 0.29) is 11.8 Å². The van der Waals surface area contributed by atoms with Gasteiger partial charge in [-0.2, -0.15) is 0 Å². The molecule has 18 heavy (non-hydrogen) atoms. The summed E-state index contributed by atoms with van der Waals surface area (Å²) < 4.78 is 0. The van der Waals surface area contributed by atoms with Crippen molar-refractivity contribution in [1.29, 1.82) is 0 Å². The number of hydrogen-bond donors (Lipinski definition) is 0. The molecular weight excluding hydrogens is 222 g/mol. The molecule has 0 aliphatic heterocycles. The molecule has 0 spiro atoms. The Labute approximate surface area is 111 Å². The van der Waals surface area contributed by atoms with Crippen LogP contribution in [0.15, 0.2) is 30.3 Å². The van der Waals surface area contributed by atoms with E-state index < -0.39 is 0 Å². The van der Waals surface area contributed by atoms with E-state index in [9.17, 15) is 4.79 Å².